The van der Waals surface area contributed by atoms with Gasteiger partial charge in [-0.25, -0.2) is 13.1 Å². The number of hydrogen-bond acceptors (Lipinski definition) is 3. The molecule has 0 radical (unpaired) electrons. The molecule has 2 rings (SSSR count). The molecule has 2 unspecified atom stereocenters. The average molecular weight is 278 g/mol. The highest BCUT2D eigenvalue weighted by Gasteiger charge is 2.24. The van der Waals surface area contributed by atoms with Crippen LogP contribution in [0.3, 0.4) is 0 Å². The van der Waals surface area contributed by atoms with Crippen molar-refractivity contribution in [2.24, 2.45) is 5.92 Å². The Balaban J connectivity index is 2.15. The summed E-state index contributed by atoms with van der Waals surface area (Å²) >= 11 is 0. The molecule has 0 aromatic heterocycles. The van der Waals surface area contributed by atoms with Gasteiger partial charge in [0.05, 0.1) is 16.5 Å². The summed E-state index contributed by atoms with van der Waals surface area (Å²) < 4.78 is 27.3. The van der Waals surface area contributed by atoms with E-state index in [0.29, 0.717) is 11.5 Å². The Bertz CT molecular complexity index is 590. The summed E-state index contributed by atoms with van der Waals surface area (Å²) in [6.45, 7) is 2.15. The Kier molecular flexibility index (Phi) is 4.23. The topological polar surface area (TPSA) is 70.0 Å². The summed E-state index contributed by atoms with van der Waals surface area (Å²) in [4.78, 5) is 0.171. The van der Waals surface area contributed by atoms with Crippen molar-refractivity contribution in [3.63, 3.8) is 0 Å². The van der Waals surface area contributed by atoms with Crippen LogP contribution in [0.25, 0.3) is 0 Å². The van der Waals surface area contributed by atoms with E-state index in [1.165, 1.54) is 18.6 Å². The molecule has 2 atom stereocenters. The molecular formula is C14H18N2O2S. The predicted molar refractivity (Wildman–Crippen MR) is 72.9 cm³/mol. The first-order valence-electron chi connectivity index (χ1n) is 6.54. The van der Waals surface area contributed by atoms with Crippen molar-refractivity contribution < 1.29 is 8.42 Å². The van der Waals surface area contributed by atoms with Crippen LogP contribution in [-0.2, 0) is 10.0 Å². The van der Waals surface area contributed by atoms with E-state index in [2.05, 4.69) is 11.6 Å². The van der Waals surface area contributed by atoms with Gasteiger partial charge in [-0.1, -0.05) is 25.8 Å². The first kappa shape index (κ1) is 14.0. The highest BCUT2D eigenvalue weighted by atomic mass is 32.2. The van der Waals surface area contributed by atoms with Crippen LogP contribution in [-0.4, -0.2) is 14.5 Å². The highest BCUT2D eigenvalue weighted by molar-refractivity contribution is 7.89. The van der Waals surface area contributed by atoms with E-state index < -0.39 is 10.0 Å². The molecule has 1 aliphatic rings. The minimum absolute atomic E-state index is 0.0134. The summed E-state index contributed by atoms with van der Waals surface area (Å²) in [7, 11) is -3.52. The van der Waals surface area contributed by atoms with Crippen LogP contribution in [0.4, 0.5) is 0 Å². The van der Waals surface area contributed by atoms with Gasteiger partial charge in [0.2, 0.25) is 10.0 Å². The van der Waals surface area contributed by atoms with Crippen LogP contribution in [0.2, 0.25) is 0 Å². The monoisotopic (exact) mass is 278 g/mol. The van der Waals surface area contributed by atoms with Gasteiger partial charge >= 0.3 is 0 Å². The SMILES string of the molecule is CC1CCCC(NS(=O)(=O)c2cccc(C#N)c2)C1. The zero-order valence-electron chi connectivity index (χ0n) is 11.0. The highest BCUT2D eigenvalue weighted by Crippen LogP contribution is 2.25. The van der Waals surface area contributed by atoms with Crippen molar-refractivity contribution in [1.29, 1.82) is 5.26 Å². The molecule has 1 aromatic rings. The molecule has 1 N–H and O–H groups in total. The van der Waals surface area contributed by atoms with Crippen LogP contribution in [0.1, 0.15) is 38.2 Å². The summed E-state index contributed by atoms with van der Waals surface area (Å²) in [6, 6.07) is 8.10. The van der Waals surface area contributed by atoms with Crippen molar-refractivity contribution in [1.82, 2.24) is 4.72 Å². The van der Waals surface area contributed by atoms with Crippen LogP contribution in [0, 0.1) is 17.2 Å². The molecule has 0 amide bonds. The van der Waals surface area contributed by atoms with Gasteiger partial charge in [-0.3, -0.25) is 0 Å². The molecular weight excluding hydrogens is 260 g/mol. The van der Waals surface area contributed by atoms with Crippen molar-refractivity contribution in [2.45, 2.75) is 43.5 Å². The molecule has 5 heteroatoms. The van der Waals surface area contributed by atoms with Crippen LogP contribution >= 0.6 is 0 Å². The maximum absolute atomic E-state index is 12.3. The van der Waals surface area contributed by atoms with Crippen molar-refractivity contribution in [3.8, 4) is 6.07 Å². The van der Waals surface area contributed by atoms with Gasteiger partial charge in [-0.05, 0) is 37.0 Å². The fourth-order valence-electron chi connectivity index (χ4n) is 2.56. The Hall–Kier alpha value is -1.38. The standard InChI is InChI=1S/C14H18N2O2S/c1-11-4-2-6-13(8-11)16-19(17,18)14-7-3-5-12(9-14)10-15/h3,5,7,9,11,13,16H,2,4,6,8H2,1H3. The third-order valence-electron chi connectivity index (χ3n) is 3.53. The molecule has 1 saturated carbocycles. The average Bonchev–Trinajstić information content (AvgIpc) is 2.38. The molecule has 19 heavy (non-hydrogen) atoms. The molecule has 0 aliphatic heterocycles. The maximum Gasteiger partial charge on any atom is 0.240 e. The molecule has 102 valence electrons. The van der Waals surface area contributed by atoms with Gasteiger partial charge in [0, 0.05) is 6.04 Å². The number of sulfonamides is 1. The van der Waals surface area contributed by atoms with Gasteiger partial charge < -0.3 is 0 Å². The molecule has 0 saturated heterocycles. The number of hydrogen-bond donors (Lipinski definition) is 1. The minimum atomic E-state index is -3.52. The second kappa shape index (κ2) is 5.72. The molecule has 1 aromatic carbocycles. The molecule has 1 fully saturated rings. The summed E-state index contributed by atoms with van der Waals surface area (Å²) in [5.74, 6) is 0.562. The third kappa shape index (κ3) is 3.55. The van der Waals surface area contributed by atoms with Gasteiger partial charge in [-0.15, -0.1) is 0 Å². The number of nitrogens with one attached hydrogen (secondary N) is 1. The normalized spacial score (nSPS) is 23.8. The zero-order chi connectivity index (χ0) is 13.9. The lowest BCUT2D eigenvalue weighted by Crippen LogP contribution is -2.37. The molecule has 0 bridgehead atoms. The molecule has 0 spiro atoms. The first-order valence-corrected chi connectivity index (χ1v) is 8.02. The molecule has 1 aliphatic carbocycles. The number of benzene rings is 1. The summed E-state index contributed by atoms with van der Waals surface area (Å²) in [5.41, 5.74) is 0.361. The maximum atomic E-state index is 12.3. The van der Waals surface area contributed by atoms with Crippen LogP contribution < -0.4 is 4.72 Å². The van der Waals surface area contributed by atoms with E-state index in [0.717, 1.165) is 19.3 Å². The van der Waals surface area contributed by atoms with Crippen molar-refractivity contribution in [2.75, 3.05) is 0 Å². The van der Waals surface area contributed by atoms with Crippen molar-refractivity contribution >= 4 is 10.0 Å². The second-order valence-corrected chi connectivity index (χ2v) is 6.94. The minimum Gasteiger partial charge on any atom is -0.208 e. The van der Waals surface area contributed by atoms with Crippen LogP contribution in [0.5, 0.6) is 0 Å². The molecule has 0 heterocycles. The van der Waals surface area contributed by atoms with Gasteiger partial charge in [-0.2, -0.15) is 5.26 Å². The Morgan fingerprint density at radius 2 is 2.16 bits per heavy atom. The Morgan fingerprint density at radius 1 is 1.37 bits per heavy atom. The third-order valence-corrected chi connectivity index (χ3v) is 5.05. The lowest BCUT2D eigenvalue weighted by molar-refractivity contribution is 0.327. The quantitative estimate of drug-likeness (QED) is 0.923. The largest absolute Gasteiger partial charge is 0.240 e. The first-order chi connectivity index (χ1) is 9.01. The number of nitriles is 1. The zero-order valence-corrected chi connectivity index (χ0v) is 11.8. The summed E-state index contributed by atoms with van der Waals surface area (Å²) in [6.07, 6.45) is 4.01. The van der Waals surface area contributed by atoms with Gasteiger partial charge in [0.25, 0.3) is 0 Å². The predicted octanol–water partition coefficient (Wildman–Crippen LogP) is 2.42. The lowest BCUT2D eigenvalue weighted by atomic mass is 9.88. The Labute approximate surface area is 114 Å². The fraction of sp³-hybridized carbons (Fsp3) is 0.500. The van der Waals surface area contributed by atoms with E-state index in [1.807, 2.05) is 6.07 Å². The van der Waals surface area contributed by atoms with E-state index in [-0.39, 0.29) is 10.9 Å². The van der Waals surface area contributed by atoms with E-state index in [1.54, 1.807) is 12.1 Å². The van der Waals surface area contributed by atoms with Crippen molar-refractivity contribution in [3.05, 3.63) is 29.8 Å². The van der Waals surface area contributed by atoms with Gasteiger partial charge in [0.1, 0.15) is 0 Å². The molecule has 4 nitrogen and oxygen atoms in total. The van der Waals surface area contributed by atoms with Gasteiger partial charge in [0.15, 0.2) is 0 Å². The van der Waals surface area contributed by atoms with E-state index >= 15 is 0 Å². The number of rotatable bonds is 3. The number of nitrogens with zero attached hydrogens (tertiary/aromatic N) is 1. The smallest absolute Gasteiger partial charge is 0.208 e. The summed E-state index contributed by atoms with van der Waals surface area (Å²) in [5, 5.41) is 8.82. The van der Waals surface area contributed by atoms with E-state index in [9.17, 15) is 8.42 Å². The van der Waals surface area contributed by atoms with E-state index in [4.69, 9.17) is 5.26 Å². The Morgan fingerprint density at radius 3 is 2.84 bits per heavy atom. The second-order valence-electron chi connectivity index (χ2n) is 5.23. The fourth-order valence-corrected chi connectivity index (χ4v) is 3.89. The lowest BCUT2D eigenvalue weighted by Gasteiger charge is -2.27. The van der Waals surface area contributed by atoms with Crippen LogP contribution in [0.15, 0.2) is 29.2 Å².